The first kappa shape index (κ1) is 16.1. The SMILES string of the molecule is CCNNc1nc(N(C)C)nc2c1nc(NCC)n2NCC. The highest BCUT2D eigenvalue weighted by Gasteiger charge is 2.18. The molecule has 0 saturated carbocycles. The van der Waals surface area contributed by atoms with Crippen LogP contribution in [0.1, 0.15) is 20.8 Å². The highest BCUT2D eigenvalue weighted by Crippen LogP contribution is 2.24. The molecule has 0 amide bonds. The molecule has 0 aromatic carbocycles. The minimum atomic E-state index is 0.620. The molecular formula is C13H25N9. The van der Waals surface area contributed by atoms with Crippen LogP contribution in [0, 0.1) is 0 Å². The number of aromatic nitrogens is 4. The fourth-order valence-corrected chi connectivity index (χ4v) is 1.99. The van der Waals surface area contributed by atoms with Crippen molar-refractivity contribution in [2.45, 2.75) is 20.8 Å². The van der Waals surface area contributed by atoms with Gasteiger partial charge in [0.25, 0.3) is 0 Å². The molecule has 0 radical (unpaired) electrons. The third-order valence-electron chi connectivity index (χ3n) is 2.93. The van der Waals surface area contributed by atoms with Gasteiger partial charge in [-0.25, -0.2) is 15.1 Å². The number of nitrogens with zero attached hydrogens (tertiary/aromatic N) is 5. The second-order valence-electron chi connectivity index (χ2n) is 4.91. The Balaban J connectivity index is 2.62. The maximum Gasteiger partial charge on any atom is 0.229 e. The van der Waals surface area contributed by atoms with Crippen molar-refractivity contribution < 1.29 is 0 Å². The largest absolute Gasteiger partial charge is 0.354 e. The van der Waals surface area contributed by atoms with Crippen molar-refractivity contribution in [3.63, 3.8) is 0 Å². The second kappa shape index (κ2) is 7.12. The molecule has 0 aliphatic heterocycles. The molecule has 2 aromatic rings. The fraction of sp³-hybridized carbons (Fsp3) is 0.615. The first-order valence-electron chi connectivity index (χ1n) is 7.56. The summed E-state index contributed by atoms with van der Waals surface area (Å²) in [6.45, 7) is 8.40. The van der Waals surface area contributed by atoms with Crippen molar-refractivity contribution in [1.82, 2.24) is 25.1 Å². The zero-order valence-corrected chi connectivity index (χ0v) is 13.9. The molecule has 0 atom stereocenters. The summed E-state index contributed by atoms with van der Waals surface area (Å²) in [6.07, 6.45) is 0. The van der Waals surface area contributed by atoms with Crippen LogP contribution >= 0.6 is 0 Å². The lowest BCUT2D eigenvalue weighted by Crippen LogP contribution is -2.23. The summed E-state index contributed by atoms with van der Waals surface area (Å²) in [6, 6.07) is 0. The van der Waals surface area contributed by atoms with Crippen molar-refractivity contribution in [3.8, 4) is 0 Å². The Morgan fingerprint density at radius 3 is 2.36 bits per heavy atom. The number of fused-ring (bicyclic) bond motifs is 1. The summed E-state index contributed by atoms with van der Waals surface area (Å²) >= 11 is 0. The summed E-state index contributed by atoms with van der Waals surface area (Å²) in [5, 5.41) is 3.24. The topological polar surface area (TPSA) is 95.0 Å². The molecule has 9 heteroatoms. The molecule has 4 N–H and O–H groups in total. The predicted molar refractivity (Wildman–Crippen MR) is 91.0 cm³/mol. The molecule has 122 valence electrons. The lowest BCUT2D eigenvalue weighted by Gasteiger charge is -2.14. The van der Waals surface area contributed by atoms with E-state index in [1.165, 1.54) is 0 Å². The monoisotopic (exact) mass is 307 g/mol. The predicted octanol–water partition coefficient (Wildman–Crippen LogP) is 0.824. The summed E-state index contributed by atoms with van der Waals surface area (Å²) in [5.74, 6) is 2.01. The van der Waals surface area contributed by atoms with Crippen molar-refractivity contribution in [2.75, 3.05) is 54.8 Å². The molecule has 2 aromatic heterocycles. The minimum absolute atomic E-state index is 0.620. The fourth-order valence-electron chi connectivity index (χ4n) is 1.99. The first-order valence-corrected chi connectivity index (χ1v) is 7.56. The van der Waals surface area contributed by atoms with E-state index < -0.39 is 0 Å². The van der Waals surface area contributed by atoms with Crippen LogP contribution in [0.5, 0.6) is 0 Å². The third kappa shape index (κ3) is 3.14. The Labute approximate surface area is 130 Å². The van der Waals surface area contributed by atoms with E-state index in [1.807, 2.05) is 44.4 Å². The van der Waals surface area contributed by atoms with Crippen LogP contribution < -0.4 is 26.5 Å². The van der Waals surface area contributed by atoms with Crippen molar-refractivity contribution in [1.29, 1.82) is 0 Å². The van der Waals surface area contributed by atoms with Gasteiger partial charge in [0.2, 0.25) is 11.9 Å². The van der Waals surface area contributed by atoms with E-state index in [1.54, 1.807) is 0 Å². The van der Waals surface area contributed by atoms with Crippen LogP contribution in [0.25, 0.3) is 11.2 Å². The van der Waals surface area contributed by atoms with E-state index in [-0.39, 0.29) is 0 Å². The molecule has 0 fully saturated rings. The average molecular weight is 307 g/mol. The van der Waals surface area contributed by atoms with Gasteiger partial charge in [-0.2, -0.15) is 9.97 Å². The van der Waals surface area contributed by atoms with Crippen molar-refractivity contribution in [2.24, 2.45) is 0 Å². The van der Waals surface area contributed by atoms with Crippen molar-refractivity contribution >= 4 is 28.9 Å². The van der Waals surface area contributed by atoms with E-state index in [0.29, 0.717) is 17.3 Å². The summed E-state index contributed by atoms with van der Waals surface area (Å²) < 4.78 is 1.87. The normalized spacial score (nSPS) is 10.8. The maximum absolute atomic E-state index is 4.62. The quantitative estimate of drug-likeness (QED) is 0.533. The molecule has 0 aliphatic carbocycles. The summed E-state index contributed by atoms with van der Waals surface area (Å²) in [5.41, 5.74) is 10.9. The van der Waals surface area contributed by atoms with Gasteiger partial charge in [0.05, 0.1) is 0 Å². The van der Waals surface area contributed by atoms with Gasteiger partial charge in [-0.15, -0.1) is 0 Å². The minimum Gasteiger partial charge on any atom is -0.354 e. The number of rotatable bonds is 8. The molecule has 0 aliphatic rings. The highest BCUT2D eigenvalue weighted by molar-refractivity contribution is 5.86. The van der Waals surface area contributed by atoms with E-state index >= 15 is 0 Å². The van der Waals surface area contributed by atoms with Crippen LogP contribution in [0.15, 0.2) is 0 Å². The van der Waals surface area contributed by atoms with Gasteiger partial charge < -0.3 is 21.1 Å². The third-order valence-corrected chi connectivity index (χ3v) is 2.93. The number of hydrogen-bond donors (Lipinski definition) is 4. The smallest absolute Gasteiger partial charge is 0.229 e. The molecule has 0 unspecified atom stereocenters. The summed E-state index contributed by atoms with van der Waals surface area (Å²) in [7, 11) is 3.83. The van der Waals surface area contributed by atoms with Crippen LogP contribution in [0.4, 0.5) is 17.7 Å². The zero-order chi connectivity index (χ0) is 16.1. The Morgan fingerprint density at radius 2 is 1.77 bits per heavy atom. The van der Waals surface area contributed by atoms with Gasteiger partial charge in [0, 0.05) is 33.7 Å². The Morgan fingerprint density at radius 1 is 1.00 bits per heavy atom. The number of imidazole rings is 1. The van der Waals surface area contributed by atoms with Gasteiger partial charge in [0.15, 0.2) is 17.0 Å². The maximum atomic E-state index is 4.62. The zero-order valence-electron chi connectivity index (χ0n) is 13.9. The van der Waals surface area contributed by atoms with Gasteiger partial charge in [0.1, 0.15) is 0 Å². The van der Waals surface area contributed by atoms with Crippen LogP contribution in [0.3, 0.4) is 0 Å². The highest BCUT2D eigenvalue weighted by atomic mass is 15.5. The number of hydrogen-bond acceptors (Lipinski definition) is 8. The van der Waals surface area contributed by atoms with Crippen LogP contribution in [0.2, 0.25) is 0 Å². The van der Waals surface area contributed by atoms with Crippen molar-refractivity contribution in [3.05, 3.63) is 0 Å². The Bertz CT molecular complexity index is 619. The lowest BCUT2D eigenvalue weighted by atomic mass is 10.5. The molecule has 22 heavy (non-hydrogen) atoms. The first-order chi connectivity index (χ1) is 10.6. The summed E-state index contributed by atoms with van der Waals surface area (Å²) in [4.78, 5) is 15.6. The van der Waals surface area contributed by atoms with Crippen LogP contribution in [-0.2, 0) is 0 Å². The average Bonchev–Trinajstić information content (AvgIpc) is 2.83. The molecule has 0 spiro atoms. The number of nitrogens with one attached hydrogen (secondary N) is 4. The molecular weight excluding hydrogens is 282 g/mol. The van der Waals surface area contributed by atoms with Gasteiger partial charge in [-0.3, -0.25) is 0 Å². The van der Waals surface area contributed by atoms with Crippen LogP contribution in [-0.4, -0.2) is 53.4 Å². The molecule has 2 rings (SSSR count). The van der Waals surface area contributed by atoms with Gasteiger partial charge in [-0.1, -0.05) is 6.92 Å². The van der Waals surface area contributed by atoms with Gasteiger partial charge in [-0.05, 0) is 13.8 Å². The van der Waals surface area contributed by atoms with E-state index in [4.69, 9.17) is 0 Å². The second-order valence-corrected chi connectivity index (χ2v) is 4.91. The molecule has 2 heterocycles. The van der Waals surface area contributed by atoms with E-state index in [0.717, 1.165) is 31.2 Å². The molecule has 0 bridgehead atoms. The Kier molecular flexibility index (Phi) is 5.21. The molecule has 0 saturated heterocycles. The van der Waals surface area contributed by atoms with Gasteiger partial charge >= 0.3 is 0 Å². The van der Waals surface area contributed by atoms with E-state index in [2.05, 4.69) is 36.5 Å². The van der Waals surface area contributed by atoms with E-state index in [9.17, 15) is 0 Å². The molecule has 9 nitrogen and oxygen atoms in total. The lowest BCUT2D eigenvalue weighted by molar-refractivity contribution is 0.833. The standard InChI is InChI=1S/C13H25N9/c1-6-14-12-17-9-10(20-15-7-2)18-13(21(4)5)19-11(9)22(12)16-8-3/h15-16H,6-8H2,1-5H3,(H,14,17)(H,18,19,20). The Hall–Kier alpha value is -2.29. The number of anilines is 3. The number of hydrazine groups is 1.